The Kier molecular flexibility index (Phi) is 5.72. The first-order valence-corrected chi connectivity index (χ1v) is 9.25. The van der Waals surface area contributed by atoms with Crippen LogP contribution in [0.1, 0.15) is 53.1 Å². The molecule has 2 aromatic heterocycles. The van der Waals surface area contributed by atoms with Gasteiger partial charge in [-0.3, -0.25) is 9.59 Å². The van der Waals surface area contributed by atoms with Crippen LogP contribution in [0.25, 0.3) is 0 Å². The van der Waals surface area contributed by atoms with Crippen molar-refractivity contribution in [3.8, 4) is 0 Å². The molecule has 1 amide bonds. The zero-order valence-corrected chi connectivity index (χ0v) is 16.3. The Labute approximate surface area is 164 Å². The molecule has 3 atom stereocenters. The van der Waals surface area contributed by atoms with Gasteiger partial charge < -0.3 is 19.6 Å². The highest BCUT2D eigenvalue weighted by Crippen LogP contribution is 2.38. The number of oxazole rings is 1. The standard InChI is InChI=1S/C19H24N4O3.ClH/c1-3-16-22-11(2)18(26-16)19(25)21-10-15-13-7-12(8-20-9-13)14-5-4-6-17(24)23(14)15;/h4-6,12-13,15,20H,3,7-10H2,1-2H3,(H,21,25);1H/t12-,13+,15+;/m1./s1. The van der Waals surface area contributed by atoms with Crippen LogP contribution in [0.15, 0.2) is 27.4 Å². The second-order valence-corrected chi connectivity index (χ2v) is 7.16. The van der Waals surface area contributed by atoms with Crippen molar-refractivity contribution in [1.29, 1.82) is 0 Å². The van der Waals surface area contributed by atoms with Crippen molar-refractivity contribution in [2.45, 2.75) is 38.6 Å². The SMILES string of the molecule is CCc1nc(C)c(C(=O)NC[C@H]2[C@@H]3CNC[C@@H](C3)c3cccc(=O)n32)o1.Cl. The monoisotopic (exact) mass is 392 g/mol. The first-order valence-electron chi connectivity index (χ1n) is 9.25. The van der Waals surface area contributed by atoms with Crippen LogP contribution in [-0.4, -0.2) is 35.1 Å². The molecule has 2 aliphatic rings. The molecule has 146 valence electrons. The minimum Gasteiger partial charge on any atom is -0.435 e. The Bertz CT molecular complexity index is 891. The molecule has 0 unspecified atom stereocenters. The summed E-state index contributed by atoms with van der Waals surface area (Å²) >= 11 is 0. The van der Waals surface area contributed by atoms with E-state index in [1.54, 1.807) is 13.0 Å². The average molecular weight is 393 g/mol. The zero-order valence-electron chi connectivity index (χ0n) is 15.5. The summed E-state index contributed by atoms with van der Waals surface area (Å²) in [7, 11) is 0. The summed E-state index contributed by atoms with van der Waals surface area (Å²) in [6.07, 6.45) is 1.69. The highest BCUT2D eigenvalue weighted by atomic mass is 35.5. The number of pyridine rings is 1. The van der Waals surface area contributed by atoms with Gasteiger partial charge in [-0.1, -0.05) is 13.0 Å². The number of carbonyl (C=O) groups excluding carboxylic acids is 1. The van der Waals surface area contributed by atoms with Crippen molar-refractivity contribution < 1.29 is 9.21 Å². The second kappa shape index (κ2) is 7.86. The van der Waals surface area contributed by atoms with Crippen LogP contribution in [0, 0.1) is 12.8 Å². The van der Waals surface area contributed by atoms with Crippen LogP contribution < -0.4 is 16.2 Å². The van der Waals surface area contributed by atoms with Gasteiger partial charge in [-0.25, -0.2) is 4.98 Å². The molecule has 0 spiro atoms. The lowest BCUT2D eigenvalue weighted by Gasteiger charge is -2.43. The molecular weight excluding hydrogens is 368 g/mol. The van der Waals surface area contributed by atoms with E-state index in [2.05, 4.69) is 15.6 Å². The molecule has 0 aromatic carbocycles. The smallest absolute Gasteiger partial charge is 0.289 e. The normalized spacial score (nSPS) is 23.3. The maximum atomic E-state index is 12.6. The maximum absolute atomic E-state index is 12.6. The quantitative estimate of drug-likeness (QED) is 0.828. The zero-order chi connectivity index (χ0) is 18.3. The molecule has 0 saturated carbocycles. The highest BCUT2D eigenvalue weighted by molar-refractivity contribution is 5.92. The third-order valence-corrected chi connectivity index (χ3v) is 5.52. The molecule has 2 aliphatic heterocycles. The van der Waals surface area contributed by atoms with Crippen molar-refractivity contribution in [2.24, 2.45) is 5.92 Å². The van der Waals surface area contributed by atoms with Crippen molar-refractivity contribution in [2.75, 3.05) is 19.6 Å². The number of halogens is 1. The Hall–Kier alpha value is -2.12. The van der Waals surface area contributed by atoms with E-state index in [0.29, 0.717) is 36.4 Å². The Balaban J connectivity index is 0.00000210. The van der Waals surface area contributed by atoms with Crippen molar-refractivity contribution in [3.05, 3.63) is 51.6 Å². The molecule has 0 radical (unpaired) electrons. The molecule has 2 bridgehead atoms. The summed E-state index contributed by atoms with van der Waals surface area (Å²) in [5.41, 5.74) is 1.66. The third kappa shape index (κ3) is 3.53. The van der Waals surface area contributed by atoms with E-state index in [-0.39, 0.29) is 35.7 Å². The van der Waals surface area contributed by atoms with Crippen LogP contribution in [0.3, 0.4) is 0 Å². The minimum absolute atomic E-state index is 0. The molecule has 1 saturated heterocycles. The number of carbonyl (C=O) groups is 1. The average Bonchev–Trinajstić information content (AvgIpc) is 3.03. The van der Waals surface area contributed by atoms with Crippen LogP contribution in [0.4, 0.5) is 0 Å². The van der Waals surface area contributed by atoms with Crippen LogP contribution in [0.5, 0.6) is 0 Å². The summed E-state index contributed by atoms with van der Waals surface area (Å²) < 4.78 is 7.42. The summed E-state index contributed by atoms with van der Waals surface area (Å²) in [6.45, 7) is 5.87. The Morgan fingerprint density at radius 2 is 2.22 bits per heavy atom. The molecule has 8 heteroatoms. The molecule has 2 aromatic rings. The lowest BCUT2D eigenvalue weighted by atomic mass is 9.79. The topological polar surface area (TPSA) is 89.2 Å². The largest absolute Gasteiger partial charge is 0.435 e. The predicted octanol–water partition coefficient (Wildman–Crippen LogP) is 1.81. The summed E-state index contributed by atoms with van der Waals surface area (Å²) in [6, 6.07) is 5.39. The number of nitrogens with zero attached hydrogens (tertiary/aromatic N) is 2. The number of piperidine rings is 1. The molecule has 4 heterocycles. The van der Waals surface area contributed by atoms with Gasteiger partial charge in [0.05, 0.1) is 11.7 Å². The van der Waals surface area contributed by atoms with Crippen LogP contribution >= 0.6 is 12.4 Å². The minimum atomic E-state index is -0.272. The number of amides is 1. The van der Waals surface area contributed by atoms with Gasteiger partial charge in [-0.05, 0) is 25.3 Å². The molecule has 0 aliphatic carbocycles. The molecule has 2 N–H and O–H groups in total. The summed E-state index contributed by atoms with van der Waals surface area (Å²) in [4.78, 5) is 29.3. The molecule has 7 nitrogen and oxygen atoms in total. The summed E-state index contributed by atoms with van der Waals surface area (Å²) in [5.74, 6) is 1.23. The van der Waals surface area contributed by atoms with Crippen molar-refractivity contribution >= 4 is 18.3 Å². The van der Waals surface area contributed by atoms with Gasteiger partial charge in [0.1, 0.15) is 0 Å². The lowest BCUT2D eigenvalue weighted by Crippen LogP contribution is -2.50. The van der Waals surface area contributed by atoms with Crippen LogP contribution in [0.2, 0.25) is 0 Å². The molecular formula is C19H25ClN4O3. The van der Waals surface area contributed by atoms with E-state index >= 15 is 0 Å². The molecule has 27 heavy (non-hydrogen) atoms. The number of rotatable bonds is 4. The fourth-order valence-electron chi connectivity index (χ4n) is 4.26. The third-order valence-electron chi connectivity index (χ3n) is 5.52. The van der Waals surface area contributed by atoms with E-state index in [0.717, 1.165) is 25.2 Å². The van der Waals surface area contributed by atoms with Gasteiger partial charge in [0.15, 0.2) is 5.89 Å². The number of fused-ring (bicyclic) bond motifs is 4. The first kappa shape index (κ1) is 19.6. The number of aryl methyl sites for hydroxylation is 2. The Morgan fingerprint density at radius 3 is 2.96 bits per heavy atom. The maximum Gasteiger partial charge on any atom is 0.289 e. The molecule has 4 rings (SSSR count). The fraction of sp³-hybridized carbons (Fsp3) is 0.526. The van der Waals surface area contributed by atoms with Gasteiger partial charge in [-0.2, -0.15) is 0 Å². The van der Waals surface area contributed by atoms with E-state index in [4.69, 9.17) is 4.42 Å². The highest BCUT2D eigenvalue weighted by Gasteiger charge is 2.38. The Morgan fingerprint density at radius 1 is 1.41 bits per heavy atom. The lowest BCUT2D eigenvalue weighted by molar-refractivity contribution is 0.0902. The van der Waals surface area contributed by atoms with E-state index in [9.17, 15) is 9.59 Å². The number of hydrogen-bond donors (Lipinski definition) is 2. The number of aromatic nitrogens is 2. The van der Waals surface area contributed by atoms with Crippen molar-refractivity contribution in [1.82, 2.24) is 20.2 Å². The van der Waals surface area contributed by atoms with E-state index in [1.165, 1.54) is 0 Å². The number of nitrogens with one attached hydrogen (secondary N) is 2. The van der Waals surface area contributed by atoms with Gasteiger partial charge in [0.2, 0.25) is 5.76 Å². The van der Waals surface area contributed by atoms with Crippen LogP contribution in [-0.2, 0) is 6.42 Å². The number of hydrogen-bond acceptors (Lipinski definition) is 5. The van der Waals surface area contributed by atoms with Gasteiger partial charge >= 0.3 is 0 Å². The van der Waals surface area contributed by atoms with Crippen molar-refractivity contribution in [3.63, 3.8) is 0 Å². The predicted molar refractivity (Wildman–Crippen MR) is 104 cm³/mol. The van der Waals surface area contributed by atoms with Gasteiger partial charge in [0.25, 0.3) is 11.5 Å². The second-order valence-electron chi connectivity index (χ2n) is 7.16. The van der Waals surface area contributed by atoms with E-state index < -0.39 is 0 Å². The summed E-state index contributed by atoms with van der Waals surface area (Å²) in [5, 5.41) is 6.42. The fourth-order valence-corrected chi connectivity index (χ4v) is 4.26. The first-order chi connectivity index (χ1) is 12.6. The van der Waals surface area contributed by atoms with E-state index in [1.807, 2.05) is 23.6 Å². The molecule has 1 fully saturated rings. The van der Waals surface area contributed by atoms with Gasteiger partial charge in [-0.15, -0.1) is 12.4 Å². The van der Waals surface area contributed by atoms with Gasteiger partial charge in [0, 0.05) is 43.7 Å².